The molecule has 0 saturated carbocycles. The lowest BCUT2D eigenvalue weighted by molar-refractivity contribution is 0.560. The van der Waals surface area contributed by atoms with Crippen LogP contribution in [0, 0.1) is 0 Å². The van der Waals surface area contributed by atoms with Gasteiger partial charge in [0.05, 0.1) is 18.2 Å². The smallest absolute Gasteiger partial charge is 0.144 e. The first-order valence-electron chi connectivity index (χ1n) is 6.74. The highest BCUT2D eigenvalue weighted by Gasteiger charge is 1.97. The van der Waals surface area contributed by atoms with Crippen LogP contribution in [0.2, 0.25) is 0 Å². The van der Waals surface area contributed by atoms with E-state index in [2.05, 4.69) is 41.4 Å². The molecule has 0 unspecified atom stereocenters. The molecule has 0 atom stereocenters. The van der Waals surface area contributed by atoms with E-state index in [0.717, 1.165) is 17.2 Å². The van der Waals surface area contributed by atoms with Gasteiger partial charge in [-0.15, -0.1) is 11.8 Å². The maximum absolute atomic E-state index is 5.21. The summed E-state index contributed by atoms with van der Waals surface area (Å²) < 4.78 is 5.21. The molecule has 1 heterocycles. The first kappa shape index (κ1) is 13.7. The van der Waals surface area contributed by atoms with Gasteiger partial charge in [0, 0.05) is 10.6 Å². The van der Waals surface area contributed by atoms with E-state index in [1.807, 2.05) is 42.1 Å². The molecule has 1 aromatic heterocycles. The fraction of sp³-hybridized carbons (Fsp3) is 0.0556. The van der Waals surface area contributed by atoms with Gasteiger partial charge in [-0.2, -0.15) is 0 Å². The van der Waals surface area contributed by atoms with E-state index in [4.69, 9.17) is 4.42 Å². The summed E-state index contributed by atoms with van der Waals surface area (Å²) in [6, 6.07) is 22.5. The second-order valence-electron chi connectivity index (χ2n) is 4.54. The third-order valence-electron chi connectivity index (χ3n) is 2.97. The van der Waals surface area contributed by atoms with Crippen LogP contribution in [0.15, 0.2) is 87.3 Å². The third kappa shape index (κ3) is 4.10. The molecule has 2 aromatic carbocycles. The van der Waals surface area contributed by atoms with E-state index in [-0.39, 0.29) is 0 Å². The van der Waals surface area contributed by atoms with Crippen LogP contribution < -0.4 is 0 Å². The van der Waals surface area contributed by atoms with Crippen molar-refractivity contribution in [1.82, 2.24) is 0 Å². The van der Waals surface area contributed by atoms with Crippen molar-refractivity contribution in [1.29, 1.82) is 0 Å². The molecule has 0 radical (unpaired) electrons. The second-order valence-corrected chi connectivity index (χ2v) is 5.59. The van der Waals surface area contributed by atoms with Crippen LogP contribution in [-0.4, -0.2) is 6.21 Å². The Balaban J connectivity index is 1.59. The highest BCUT2D eigenvalue weighted by atomic mass is 32.2. The van der Waals surface area contributed by atoms with Gasteiger partial charge in [-0.05, 0) is 42.0 Å². The molecule has 0 aliphatic heterocycles. The molecule has 3 aromatic rings. The van der Waals surface area contributed by atoms with E-state index in [0.29, 0.717) is 0 Å². The van der Waals surface area contributed by atoms with Crippen LogP contribution in [0.4, 0.5) is 5.69 Å². The predicted octanol–water partition coefficient (Wildman–Crippen LogP) is 5.32. The van der Waals surface area contributed by atoms with Crippen molar-refractivity contribution >= 4 is 23.7 Å². The molecule has 2 nitrogen and oxygen atoms in total. The molecule has 104 valence electrons. The fourth-order valence-corrected chi connectivity index (χ4v) is 2.74. The lowest BCUT2D eigenvalue weighted by Gasteiger charge is -2.02. The van der Waals surface area contributed by atoms with E-state index >= 15 is 0 Å². The molecule has 0 amide bonds. The maximum atomic E-state index is 5.21. The molecule has 0 N–H and O–H groups in total. The molecule has 0 fully saturated rings. The molecule has 0 spiro atoms. The minimum absolute atomic E-state index is 0.763. The summed E-state index contributed by atoms with van der Waals surface area (Å²) in [5.41, 5.74) is 2.22. The van der Waals surface area contributed by atoms with Crippen LogP contribution >= 0.6 is 11.8 Å². The SMILES string of the molecule is C(=Nc1ccc(CSc2ccccc2)cc1)c1ccco1. The summed E-state index contributed by atoms with van der Waals surface area (Å²) in [5, 5.41) is 0. The van der Waals surface area contributed by atoms with Gasteiger partial charge in [0.2, 0.25) is 0 Å². The first-order valence-corrected chi connectivity index (χ1v) is 7.73. The number of hydrogen-bond donors (Lipinski definition) is 0. The molecule has 3 rings (SSSR count). The van der Waals surface area contributed by atoms with Crippen molar-refractivity contribution in [2.75, 3.05) is 0 Å². The quantitative estimate of drug-likeness (QED) is 0.470. The molecule has 0 bridgehead atoms. The Morgan fingerprint density at radius 2 is 1.71 bits per heavy atom. The highest BCUT2D eigenvalue weighted by Crippen LogP contribution is 2.23. The van der Waals surface area contributed by atoms with Gasteiger partial charge in [-0.3, -0.25) is 4.99 Å². The lowest BCUT2D eigenvalue weighted by Crippen LogP contribution is -1.80. The van der Waals surface area contributed by atoms with Gasteiger partial charge in [0.1, 0.15) is 5.76 Å². The second kappa shape index (κ2) is 6.95. The summed E-state index contributed by atoms with van der Waals surface area (Å²) in [6.07, 6.45) is 3.37. The van der Waals surface area contributed by atoms with Gasteiger partial charge in [-0.25, -0.2) is 0 Å². The minimum atomic E-state index is 0.763. The summed E-state index contributed by atoms with van der Waals surface area (Å²) >= 11 is 1.84. The normalized spacial score (nSPS) is 11.0. The van der Waals surface area contributed by atoms with Crippen molar-refractivity contribution in [3.63, 3.8) is 0 Å². The number of nitrogens with zero attached hydrogens (tertiary/aromatic N) is 1. The number of hydrogen-bond acceptors (Lipinski definition) is 3. The zero-order chi connectivity index (χ0) is 14.3. The molecular formula is C18H15NOS. The van der Waals surface area contributed by atoms with E-state index < -0.39 is 0 Å². The van der Waals surface area contributed by atoms with Crippen molar-refractivity contribution in [3.8, 4) is 0 Å². The average molecular weight is 293 g/mol. The summed E-state index contributed by atoms with van der Waals surface area (Å²) in [4.78, 5) is 5.67. The van der Waals surface area contributed by atoms with Gasteiger partial charge >= 0.3 is 0 Å². The number of thioether (sulfide) groups is 1. The predicted molar refractivity (Wildman–Crippen MR) is 88.4 cm³/mol. The minimum Gasteiger partial charge on any atom is -0.463 e. The Bertz CT molecular complexity index is 688. The maximum Gasteiger partial charge on any atom is 0.144 e. The monoisotopic (exact) mass is 293 g/mol. The van der Waals surface area contributed by atoms with Crippen LogP contribution in [-0.2, 0) is 5.75 Å². The Morgan fingerprint density at radius 1 is 0.905 bits per heavy atom. The van der Waals surface area contributed by atoms with Gasteiger partial charge in [0.25, 0.3) is 0 Å². The Hall–Kier alpha value is -2.26. The topological polar surface area (TPSA) is 25.5 Å². The molecular weight excluding hydrogens is 278 g/mol. The van der Waals surface area contributed by atoms with E-state index in [1.54, 1.807) is 12.5 Å². The Kier molecular flexibility index (Phi) is 4.54. The molecule has 3 heteroatoms. The summed E-state index contributed by atoms with van der Waals surface area (Å²) in [5.74, 6) is 1.73. The molecule has 0 saturated heterocycles. The van der Waals surface area contributed by atoms with Crippen LogP contribution in [0.5, 0.6) is 0 Å². The number of aliphatic imine (C=N–C) groups is 1. The van der Waals surface area contributed by atoms with Crippen molar-refractivity contribution < 1.29 is 4.42 Å². The number of rotatable bonds is 5. The van der Waals surface area contributed by atoms with E-state index in [9.17, 15) is 0 Å². The standard InChI is InChI=1S/C18H15NOS/c1-2-6-18(7-3-1)21-14-15-8-10-16(11-9-15)19-13-17-5-4-12-20-17/h1-13H,14H2. The van der Waals surface area contributed by atoms with Gasteiger partial charge in [-0.1, -0.05) is 30.3 Å². The van der Waals surface area contributed by atoms with E-state index in [1.165, 1.54) is 10.5 Å². The largest absolute Gasteiger partial charge is 0.463 e. The summed E-state index contributed by atoms with van der Waals surface area (Å²) in [6.45, 7) is 0. The van der Waals surface area contributed by atoms with Crippen molar-refractivity contribution in [2.45, 2.75) is 10.6 Å². The highest BCUT2D eigenvalue weighted by molar-refractivity contribution is 7.98. The zero-order valence-electron chi connectivity index (χ0n) is 11.5. The summed E-state index contributed by atoms with van der Waals surface area (Å²) in [7, 11) is 0. The third-order valence-corrected chi connectivity index (χ3v) is 4.05. The average Bonchev–Trinajstić information content (AvgIpc) is 3.06. The number of benzene rings is 2. The molecule has 21 heavy (non-hydrogen) atoms. The van der Waals surface area contributed by atoms with Crippen molar-refractivity contribution in [3.05, 3.63) is 84.3 Å². The number of furan rings is 1. The molecule has 0 aliphatic rings. The van der Waals surface area contributed by atoms with Crippen LogP contribution in [0.25, 0.3) is 0 Å². The molecule has 0 aliphatic carbocycles. The zero-order valence-corrected chi connectivity index (χ0v) is 12.3. The fourth-order valence-electron chi connectivity index (χ4n) is 1.86. The Labute approximate surface area is 128 Å². The Morgan fingerprint density at radius 3 is 2.43 bits per heavy atom. The van der Waals surface area contributed by atoms with Gasteiger partial charge in [0.15, 0.2) is 0 Å². The first-order chi connectivity index (χ1) is 10.4. The lowest BCUT2D eigenvalue weighted by atomic mass is 10.2. The van der Waals surface area contributed by atoms with Gasteiger partial charge < -0.3 is 4.42 Å². The van der Waals surface area contributed by atoms with Crippen LogP contribution in [0.1, 0.15) is 11.3 Å². The van der Waals surface area contributed by atoms with Crippen molar-refractivity contribution in [2.24, 2.45) is 4.99 Å². The van der Waals surface area contributed by atoms with Crippen LogP contribution in [0.3, 0.4) is 0 Å².